The van der Waals surface area contributed by atoms with Crippen molar-refractivity contribution in [2.45, 2.75) is 12.5 Å². The minimum absolute atomic E-state index is 0.241. The van der Waals surface area contributed by atoms with Gasteiger partial charge in [-0.3, -0.25) is 19.3 Å². The standard InChI is InChI=1S/C19H16F2N4O4/c1-19(13-8-11(20)4-7-14(13)21)17(28)25(18(29)24-19)9-15(26)23-12-5-2-10(3-6-12)16(22)27/h2-8H,9H2,1H3,(H2,22,27)(H,23,26)(H,24,29)/t19-/m1/s1. The van der Waals surface area contributed by atoms with E-state index in [-0.39, 0.29) is 11.1 Å². The number of hydrogen-bond donors (Lipinski definition) is 3. The summed E-state index contributed by atoms with van der Waals surface area (Å²) in [6.45, 7) is 0.584. The Hall–Kier alpha value is -3.82. The van der Waals surface area contributed by atoms with Gasteiger partial charge in [0.2, 0.25) is 11.8 Å². The van der Waals surface area contributed by atoms with Crippen molar-refractivity contribution in [1.29, 1.82) is 0 Å². The number of amides is 5. The molecule has 1 heterocycles. The van der Waals surface area contributed by atoms with Crippen LogP contribution in [0.2, 0.25) is 0 Å². The number of nitrogens with one attached hydrogen (secondary N) is 2. The summed E-state index contributed by atoms with van der Waals surface area (Å²) in [5, 5.41) is 4.77. The van der Waals surface area contributed by atoms with Crippen LogP contribution in [-0.4, -0.2) is 35.2 Å². The summed E-state index contributed by atoms with van der Waals surface area (Å²) < 4.78 is 27.7. The molecule has 0 saturated carbocycles. The molecule has 1 aliphatic heterocycles. The fraction of sp³-hybridized carbons (Fsp3) is 0.158. The molecule has 29 heavy (non-hydrogen) atoms. The Morgan fingerprint density at radius 1 is 1.14 bits per heavy atom. The molecule has 5 amide bonds. The third-order valence-electron chi connectivity index (χ3n) is 4.50. The van der Waals surface area contributed by atoms with Gasteiger partial charge in [0.15, 0.2) is 0 Å². The Labute approximate surface area is 163 Å². The second-order valence-corrected chi connectivity index (χ2v) is 6.56. The number of urea groups is 1. The van der Waals surface area contributed by atoms with Crippen molar-refractivity contribution in [1.82, 2.24) is 10.2 Å². The minimum Gasteiger partial charge on any atom is -0.366 e. The summed E-state index contributed by atoms with van der Waals surface area (Å²) in [7, 11) is 0. The van der Waals surface area contributed by atoms with Crippen LogP contribution in [0.15, 0.2) is 42.5 Å². The highest BCUT2D eigenvalue weighted by molar-refractivity contribution is 6.10. The van der Waals surface area contributed by atoms with Crippen LogP contribution in [0.5, 0.6) is 0 Å². The molecule has 0 spiro atoms. The van der Waals surface area contributed by atoms with Gasteiger partial charge in [0.05, 0.1) is 0 Å². The molecule has 0 aliphatic carbocycles. The van der Waals surface area contributed by atoms with E-state index in [4.69, 9.17) is 5.73 Å². The third-order valence-corrected chi connectivity index (χ3v) is 4.50. The van der Waals surface area contributed by atoms with E-state index in [1.165, 1.54) is 31.2 Å². The van der Waals surface area contributed by atoms with E-state index in [1.807, 2.05) is 0 Å². The van der Waals surface area contributed by atoms with Gasteiger partial charge in [0, 0.05) is 16.8 Å². The smallest absolute Gasteiger partial charge is 0.325 e. The number of imide groups is 1. The van der Waals surface area contributed by atoms with Gasteiger partial charge in [-0.25, -0.2) is 13.6 Å². The molecule has 1 saturated heterocycles. The van der Waals surface area contributed by atoms with E-state index < -0.39 is 47.5 Å². The molecule has 1 fully saturated rings. The van der Waals surface area contributed by atoms with Gasteiger partial charge in [0.1, 0.15) is 23.7 Å². The average Bonchev–Trinajstić information content (AvgIpc) is 2.88. The SMILES string of the molecule is C[C@]1(c2cc(F)ccc2F)NC(=O)N(CC(=O)Nc2ccc(C(N)=O)cc2)C1=O. The van der Waals surface area contributed by atoms with Crippen LogP contribution < -0.4 is 16.4 Å². The first kappa shape index (κ1) is 19.9. The maximum Gasteiger partial charge on any atom is 0.325 e. The van der Waals surface area contributed by atoms with Gasteiger partial charge in [0.25, 0.3) is 5.91 Å². The van der Waals surface area contributed by atoms with Crippen LogP contribution in [0.3, 0.4) is 0 Å². The van der Waals surface area contributed by atoms with Crippen LogP contribution >= 0.6 is 0 Å². The molecular formula is C19H16F2N4O4. The number of carbonyl (C=O) groups excluding carboxylic acids is 4. The molecule has 1 atom stereocenters. The molecule has 10 heteroatoms. The number of nitrogens with zero attached hydrogens (tertiary/aromatic N) is 1. The van der Waals surface area contributed by atoms with Gasteiger partial charge in [-0.15, -0.1) is 0 Å². The monoisotopic (exact) mass is 402 g/mol. The highest BCUT2D eigenvalue weighted by atomic mass is 19.1. The van der Waals surface area contributed by atoms with Crippen molar-refractivity contribution in [3.63, 3.8) is 0 Å². The third kappa shape index (κ3) is 3.77. The van der Waals surface area contributed by atoms with E-state index in [9.17, 15) is 28.0 Å². The molecule has 4 N–H and O–H groups in total. The number of benzene rings is 2. The van der Waals surface area contributed by atoms with Crippen molar-refractivity contribution in [2.75, 3.05) is 11.9 Å². The number of carbonyl (C=O) groups is 4. The summed E-state index contributed by atoms with van der Waals surface area (Å²) in [6.07, 6.45) is 0. The number of primary amides is 1. The molecule has 2 aromatic rings. The molecule has 1 aliphatic rings. The predicted molar refractivity (Wildman–Crippen MR) is 97.5 cm³/mol. The summed E-state index contributed by atoms with van der Waals surface area (Å²) in [6, 6.07) is 7.29. The lowest BCUT2D eigenvalue weighted by atomic mass is 9.91. The van der Waals surface area contributed by atoms with E-state index in [0.717, 1.165) is 18.2 Å². The average molecular weight is 402 g/mol. The Morgan fingerprint density at radius 2 is 1.79 bits per heavy atom. The van der Waals surface area contributed by atoms with Gasteiger partial charge in [-0.1, -0.05) is 0 Å². The van der Waals surface area contributed by atoms with Crippen molar-refractivity contribution >= 4 is 29.4 Å². The summed E-state index contributed by atoms with van der Waals surface area (Å²) in [4.78, 5) is 48.9. The first-order valence-electron chi connectivity index (χ1n) is 8.41. The topological polar surface area (TPSA) is 122 Å². The molecule has 8 nitrogen and oxygen atoms in total. The van der Waals surface area contributed by atoms with Gasteiger partial charge in [-0.2, -0.15) is 0 Å². The molecule has 0 aromatic heterocycles. The Balaban J connectivity index is 1.75. The number of anilines is 1. The molecule has 0 bridgehead atoms. The van der Waals surface area contributed by atoms with Crippen molar-refractivity contribution in [3.05, 3.63) is 65.2 Å². The summed E-state index contributed by atoms with van der Waals surface area (Å²) in [5.41, 5.74) is 3.48. The molecular weight excluding hydrogens is 386 g/mol. The zero-order valence-electron chi connectivity index (χ0n) is 15.2. The fourth-order valence-corrected chi connectivity index (χ4v) is 2.97. The van der Waals surface area contributed by atoms with Crippen LogP contribution in [0.1, 0.15) is 22.8 Å². The van der Waals surface area contributed by atoms with Crippen molar-refractivity contribution in [3.8, 4) is 0 Å². The molecule has 0 unspecified atom stereocenters. The lowest BCUT2D eigenvalue weighted by molar-refractivity contribution is -0.133. The Bertz CT molecular complexity index is 1030. The van der Waals surface area contributed by atoms with E-state index in [0.29, 0.717) is 10.6 Å². The fourth-order valence-electron chi connectivity index (χ4n) is 2.97. The molecule has 2 aromatic carbocycles. The summed E-state index contributed by atoms with van der Waals surface area (Å²) in [5.74, 6) is -3.88. The number of nitrogens with two attached hydrogens (primary N) is 1. The molecule has 3 rings (SSSR count). The van der Waals surface area contributed by atoms with Gasteiger partial charge >= 0.3 is 6.03 Å². The van der Waals surface area contributed by atoms with Crippen molar-refractivity contribution < 1.29 is 28.0 Å². The van der Waals surface area contributed by atoms with Gasteiger partial charge in [-0.05, 0) is 49.4 Å². The number of hydrogen-bond acceptors (Lipinski definition) is 4. The normalized spacial score (nSPS) is 18.5. The van der Waals surface area contributed by atoms with Crippen LogP contribution in [0.4, 0.5) is 19.3 Å². The second-order valence-electron chi connectivity index (χ2n) is 6.56. The quantitative estimate of drug-likeness (QED) is 0.656. The Kier molecular flexibility index (Phi) is 5.02. The van der Waals surface area contributed by atoms with Crippen molar-refractivity contribution in [2.24, 2.45) is 5.73 Å². The van der Waals surface area contributed by atoms with Crippen LogP contribution in [0, 0.1) is 11.6 Å². The zero-order chi connectivity index (χ0) is 21.3. The molecule has 150 valence electrons. The second kappa shape index (κ2) is 7.30. The number of halogens is 2. The van der Waals surface area contributed by atoms with Crippen LogP contribution in [-0.2, 0) is 15.1 Å². The maximum atomic E-state index is 14.1. The first-order valence-corrected chi connectivity index (χ1v) is 8.41. The van der Waals surface area contributed by atoms with E-state index in [1.54, 1.807) is 0 Å². The van der Waals surface area contributed by atoms with Gasteiger partial charge < -0.3 is 16.4 Å². The lowest BCUT2D eigenvalue weighted by Crippen LogP contribution is -2.42. The minimum atomic E-state index is -1.85. The van der Waals surface area contributed by atoms with E-state index >= 15 is 0 Å². The predicted octanol–water partition coefficient (Wildman–Crippen LogP) is 1.47. The molecule has 0 radical (unpaired) electrons. The zero-order valence-corrected chi connectivity index (χ0v) is 15.2. The summed E-state index contributed by atoms with van der Waals surface area (Å²) >= 11 is 0. The number of rotatable bonds is 5. The maximum absolute atomic E-state index is 14.1. The van der Waals surface area contributed by atoms with E-state index in [2.05, 4.69) is 10.6 Å². The highest BCUT2D eigenvalue weighted by Gasteiger charge is 2.50. The largest absolute Gasteiger partial charge is 0.366 e. The highest BCUT2D eigenvalue weighted by Crippen LogP contribution is 2.31. The van der Waals surface area contributed by atoms with Crippen LogP contribution in [0.25, 0.3) is 0 Å². The lowest BCUT2D eigenvalue weighted by Gasteiger charge is -2.22. The first-order chi connectivity index (χ1) is 13.6. The Morgan fingerprint density at radius 3 is 2.41 bits per heavy atom.